The summed E-state index contributed by atoms with van der Waals surface area (Å²) in [5.41, 5.74) is 1.40. The van der Waals surface area contributed by atoms with E-state index in [-0.39, 0.29) is 29.7 Å². The number of piperidine rings is 1. The van der Waals surface area contributed by atoms with Crippen LogP contribution in [0.15, 0.2) is 35.3 Å². The first-order valence-corrected chi connectivity index (χ1v) is 10.1. The average Bonchev–Trinajstić information content (AvgIpc) is 2.51. The largest absolute Gasteiger partial charge is 0.355 e. The van der Waals surface area contributed by atoms with E-state index in [2.05, 4.69) is 52.5 Å². The number of hydrogen-bond acceptors (Lipinski definition) is 3. The normalized spacial score (nSPS) is 22.0. The number of hydrogen-bond donors (Lipinski definition) is 1. The van der Waals surface area contributed by atoms with Crippen LogP contribution in [0.2, 0.25) is 0 Å². The van der Waals surface area contributed by atoms with Gasteiger partial charge in [-0.2, -0.15) is 0 Å². The summed E-state index contributed by atoms with van der Waals surface area (Å²) in [6.45, 7) is 4.53. The standard InChI is InChI=1S/C17H27N3O2S.HI/c1-14-13-20(17(18-2)19-10-12-23(3,21)22)11-9-16(14)15-7-5-4-6-8-15;/h4-8,14,16H,9-13H2,1-3H3,(H,18,19);1H. The van der Waals surface area contributed by atoms with Crippen LogP contribution >= 0.6 is 24.0 Å². The second kappa shape index (κ2) is 9.60. The molecule has 0 bridgehead atoms. The summed E-state index contributed by atoms with van der Waals surface area (Å²) in [6.07, 6.45) is 2.34. The number of halogens is 1. The van der Waals surface area contributed by atoms with Crippen molar-refractivity contribution in [3.05, 3.63) is 35.9 Å². The Balaban J connectivity index is 0.00000288. The number of sulfone groups is 1. The van der Waals surface area contributed by atoms with Crippen LogP contribution in [-0.2, 0) is 9.84 Å². The van der Waals surface area contributed by atoms with Crippen molar-refractivity contribution < 1.29 is 8.42 Å². The van der Waals surface area contributed by atoms with Gasteiger partial charge >= 0.3 is 0 Å². The van der Waals surface area contributed by atoms with E-state index >= 15 is 0 Å². The molecule has 1 saturated heterocycles. The topological polar surface area (TPSA) is 61.8 Å². The highest BCUT2D eigenvalue weighted by molar-refractivity contribution is 14.0. The fraction of sp³-hybridized carbons (Fsp3) is 0.588. The molecule has 1 aliphatic heterocycles. The van der Waals surface area contributed by atoms with E-state index in [0.717, 1.165) is 25.5 Å². The van der Waals surface area contributed by atoms with Gasteiger partial charge in [0.25, 0.3) is 0 Å². The number of benzene rings is 1. The molecule has 1 heterocycles. The van der Waals surface area contributed by atoms with E-state index in [9.17, 15) is 8.42 Å². The quantitative estimate of drug-likeness (QED) is 0.422. The summed E-state index contributed by atoms with van der Waals surface area (Å²) in [5, 5.41) is 3.17. The smallest absolute Gasteiger partial charge is 0.193 e. The van der Waals surface area contributed by atoms with Gasteiger partial charge in [-0.1, -0.05) is 37.3 Å². The lowest BCUT2D eigenvalue weighted by atomic mass is 9.82. The van der Waals surface area contributed by atoms with Crippen LogP contribution < -0.4 is 5.32 Å². The van der Waals surface area contributed by atoms with Crippen LogP contribution in [0.3, 0.4) is 0 Å². The Labute approximate surface area is 162 Å². The minimum atomic E-state index is -2.95. The number of aliphatic imine (C=N–C) groups is 1. The summed E-state index contributed by atoms with van der Waals surface area (Å²) in [5.74, 6) is 2.02. The minimum absolute atomic E-state index is 0. The molecular weight excluding hydrogens is 437 g/mol. The Morgan fingerprint density at radius 2 is 2.00 bits per heavy atom. The molecule has 0 saturated carbocycles. The third kappa shape index (κ3) is 6.23. The zero-order chi connectivity index (χ0) is 16.9. The first kappa shape index (κ1) is 21.2. The Morgan fingerprint density at radius 1 is 1.33 bits per heavy atom. The van der Waals surface area contributed by atoms with E-state index in [4.69, 9.17) is 0 Å². The molecule has 5 nitrogen and oxygen atoms in total. The maximum absolute atomic E-state index is 11.2. The van der Waals surface area contributed by atoms with Gasteiger partial charge in [-0.25, -0.2) is 8.42 Å². The third-order valence-electron chi connectivity index (χ3n) is 4.40. The average molecular weight is 465 g/mol. The maximum atomic E-state index is 11.2. The van der Waals surface area contributed by atoms with Crippen molar-refractivity contribution in [2.75, 3.05) is 38.7 Å². The molecule has 7 heteroatoms. The molecule has 0 spiro atoms. The van der Waals surface area contributed by atoms with E-state index in [1.807, 2.05) is 0 Å². The van der Waals surface area contributed by atoms with Gasteiger partial charge in [0, 0.05) is 32.9 Å². The molecule has 0 aliphatic carbocycles. The molecule has 0 aromatic heterocycles. The van der Waals surface area contributed by atoms with E-state index in [1.165, 1.54) is 11.8 Å². The van der Waals surface area contributed by atoms with Gasteiger partial charge in [0.05, 0.1) is 5.75 Å². The molecule has 0 radical (unpaired) electrons. The van der Waals surface area contributed by atoms with Gasteiger partial charge in [0.15, 0.2) is 5.96 Å². The van der Waals surface area contributed by atoms with Gasteiger partial charge in [-0.3, -0.25) is 4.99 Å². The first-order chi connectivity index (χ1) is 10.9. The molecule has 2 atom stereocenters. The summed E-state index contributed by atoms with van der Waals surface area (Å²) in [7, 11) is -1.20. The van der Waals surface area contributed by atoms with Crippen molar-refractivity contribution >= 4 is 39.8 Å². The third-order valence-corrected chi connectivity index (χ3v) is 5.35. The van der Waals surface area contributed by atoms with Crippen molar-refractivity contribution in [3.8, 4) is 0 Å². The number of nitrogens with one attached hydrogen (secondary N) is 1. The van der Waals surface area contributed by atoms with Crippen LogP contribution in [0.4, 0.5) is 0 Å². The van der Waals surface area contributed by atoms with E-state index < -0.39 is 9.84 Å². The molecule has 1 N–H and O–H groups in total. The maximum Gasteiger partial charge on any atom is 0.193 e. The lowest BCUT2D eigenvalue weighted by Gasteiger charge is -2.38. The molecule has 1 aromatic rings. The molecule has 24 heavy (non-hydrogen) atoms. The Bertz CT molecular complexity index is 634. The van der Waals surface area contributed by atoms with Gasteiger partial charge in [0.1, 0.15) is 9.84 Å². The zero-order valence-electron chi connectivity index (χ0n) is 14.6. The summed E-state index contributed by atoms with van der Waals surface area (Å²) >= 11 is 0. The highest BCUT2D eigenvalue weighted by atomic mass is 127. The molecule has 1 fully saturated rings. The van der Waals surface area contributed by atoms with E-state index in [1.54, 1.807) is 7.05 Å². The van der Waals surface area contributed by atoms with Crippen molar-refractivity contribution in [1.82, 2.24) is 10.2 Å². The Kier molecular flexibility index (Phi) is 8.49. The van der Waals surface area contributed by atoms with Gasteiger partial charge in [0.2, 0.25) is 0 Å². The van der Waals surface area contributed by atoms with E-state index in [0.29, 0.717) is 18.4 Å². The van der Waals surface area contributed by atoms with Crippen molar-refractivity contribution in [2.45, 2.75) is 19.3 Å². The molecule has 1 aliphatic rings. The summed E-state index contributed by atoms with van der Waals surface area (Å²) in [6, 6.07) is 10.7. The SMILES string of the molecule is CN=C(NCCS(C)(=O)=O)N1CCC(c2ccccc2)C(C)C1.I. The predicted octanol–water partition coefficient (Wildman–Crippen LogP) is 2.35. The molecule has 136 valence electrons. The van der Waals surface area contributed by atoms with Crippen LogP contribution in [0.25, 0.3) is 0 Å². The molecule has 2 rings (SSSR count). The van der Waals surface area contributed by atoms with Gasteiger partial charge in [-0.05, 0) is 23.8 Å². The molecule has 0 amide bonds. The Morgan fingerprint density at radius 3 is 2.54 bits per heavy atom. The fourth-order valence-corrected chi connectivity index (χ4v) is 3.69. The van der Waals surface area contributed by atoms with Crippen LogP contribution in [0.5, 0.6) is 0 Å². The summed E-state index contributed by atoms with van der Waals surface area (Å²) in [4.78, 5) is 6.53. The van der Waals surface area contributed by atoms with Crippen molar-refractivity contribution in [3.63, 3.8) is 0 Å². The van der Waals surface area contributed by atoms with Crippen LogP contribution in [-0.4, -0.2) is 58.0 Å². The monoisotopic (exact) mass is 465 g/mol. The van der Waals surface area contributed by atoms with Crippen molar-refractivity contribution in [2.24, 2.45) is 10.9 Å². The second-order valence-corrected chi connectivity index (χ2v) is 8.59. The molecule has 2 unspecified atom stereocenters. The molecular formula is C17H28IN3O2S. The summed E-state index contributed by atoms with van der Waals surface area (Å²) < 4.78 is 22.5. The number of guanidine groups is 1. The first-order valence-electron chi connectivity index (χ1n) is 8.09. The van der Waals surface area contributed by atoms with Crippen LogP contribution in [0.1, 0.15) is 24.8 Å². The zero-order valence-corrected chi connectivity index (χ0v) is 17.8. The number of nitrogens with zero attached hydrogens (tertiary/aromatic N) is 2. The predicted molar refractivity (Wildman–Crippen MR) is 111 cm³/mol. The van der Waals surface area contributed by atoms with Crippen molar-refractivity contribution in [1.29, 1.82) is 0 Å². The fourth-order valence-electron chi connectivity index (χ4n) is 3.21. The molecule has 1 aromatic carbocycles. The lowest BCUT2D eigenvalue weighted by molar-refractivity contribution is 0.235. The minimum Gasteiger partial charge on any atom is -0.355 e. The Hall–Kier alpha value is -0.830. The lowest BCUT2D eigenvalue weighted by Crippen LogP contribution is -2.48. The number of likely N-dealkylation sites (tertiary alicyclic amines) is 1. The van der Waals surface area contributed by atoms with Gasteiger partial charge < -0.3 is 10.2 Å². The van der Waals surface area contributed by atoms with Gasteiger partial charge in [-0.15, -0.1) is 24.0 Å². The number of rotatable bonds is 4. The highest BCUT2D eigenvalue weighted by Crippen LogP contribution is 2.32. The van der Waals surface area contributed by atoms with Crippen LogP contribution in [0, 0.1) is 5.92 Å². The second-order valence-electron chi connectivity index (χ2n) is 6.33. The highest BCUT2D eigenvalue weighted by Gasteiger charge is 2.28.